The molecule has 1 aliphatic heterocycles. The lowest BCUT2D eigenvalue weighted by atomic mass is 9.94. The molecule has 1 aromatic carbocycles. The summed E-state index contributed by atoms with van der Waals surface area (Å²) in [7, 11) is 0. The molecule has 92 valence electrons. The van der Waals surface area contributed by atoms with E-state index in [-0.39, 0.29) is 11.4 Å². The number of carbonyl (C=O) groups excluding carboxylic acids is 1. The molecule has 0 bridgehead atoms. The minimum Gasteiger partial charge on any atom is -0.336 e. The fourth-order valence-electron chi connectivity index (χ4n) is 2.22. The predicted octanol–water partition coefficient (Wildman–Crippen LogP) is 1.79. The lowest BCUT2D eigenvalue weighted by Crippen LogP contribution is -2.62. The van der Waals surface area contributed by atoms with Gasteiger partial charge in [-0.15, -0.1) is 0 Å². The number of hydrogen-bond donors (Lipinski definition) is 1. The normalized spacial score (nSPS) is 25.1. The highest BCUT2D eigenvalue weighted by atomic mass is 16.2. The standard InChI is InChI=1S/C14H20N2O/c1-3-14(2)13(17)16(10-9-15-14)11-12-7-5-4-6-8-12/h4-8,15H,3,9-11H2,1-2H3/t14-/m1/s1. The first kappa shape index (κ1) is 12.1. The molecule has 3 heteroatoms. The molecular formula is C14H20N2O. The number of hydrogen-bond acceptors (Lipinski definition) is 2. The quantitative estimate of drug-likeness (QED) is 0.861. The average molecular weight is 232 g/mol. The summed E-state index contributed by atoms with van der Waals surface area (Å²) in [5.74, 6) is 0.218. The van der Waals surface area contributed by atoms with Crippen molar-refractivity contribution in [3.63, 3.8) is 0 Å². The minimum absolute atomic E-state index is 0.218. The van der Waals surface area contributed by atoms with E-state index in [1.807, 2.05) is 30.0 Å². The first-order valence-electron chi connectivity index (χ1n) is 6.24. The van der Waals surface area contributed by atoms with Gasteiger partial charge in [-0.05, 0) is 18.9 Å². The monoisotopic (exact) mass is 232 g/mol. The topological polar surface area (TPSA) is 32.3 Å². The van der Waals surface area contributed by atoms with Gasteiger partial charge in [-0.2, -0.15) is 0 Å². The van der Waals surface area contributed by atoms with Crippen molar-refractivity contribution in [3.05, 3.63) is 35.9 Å². The molecule has 0 aliphatic carbocycles. The first-order valence-corrected chi connectivity index (χ1v) is 6.24. The Morgan fingerprint density at radius 1 is 1.35 bits per heavy atom. The van der Waals surface area contributed by atoms with Gasteiger partial charge in [0.25, 0.3) is 0 Å². The van der Waals surface area contributed by atoms with Crippen LogP contribution in [0.25, 0.3) is 0 Å². The van der Waals surface area contributed by atoms with E-state index in [0.29, 0.717) is 0 Å². The highest BCUT2D eigenvalue weighted by Gasteiger charge is 2.37. The molecule has 2 rings (SSSR count). The molecule has 1 amide bonds. The van der Waals surface area contributed by atoms with Crippen LogP contribution in [0.4, 0.5) is 0 Å². The van der Waals surface area contributed by atoms with Gasteiger partial charge in [0.15, 0.2) is 0 Å². The fourth-order valence-corrected chi connectivity index (χ4v) is 2.22. The molecule has 0 radical (unpaired) electrons. The molecule has 1 aromatic rings. The number of benzene rings is 1. The van der Waals surface area contributed by atoms with Gasteiger partial charge in [0, 0.05) is 19.6 Å². The molecule has 1 aliphatic rings. The van der Waals surface area contributed by atoms with Gasteiger partial charge in [-0.1, -0.05) is 37.3 Å². The van der Waals surface area contributed by atoms with Crippen molar-refractivity contribution in [3.8, 4) is 0 Å². The molecule has 1 fully saturated rings. The second-order valence-corrected chi connectivity index (χ2v) is 4.82. The van der Waals surface area contributed by atoms with Crippen molar-refractivity contribution < 1.29 is 4.79 Å². The van der Waals surface area contributed by atoms with Crippen LogP contribution in [0.3, 0.4) is 0 Å². The van der Waals surface area contributed by atoms with Gasteiger partial charge in [0.2, 0.25) is 5.91 Å². The maximum absolute atomic E-state index is 12.3. The molecule has 3 nitrogen and oxygen atoms in total. The highest BCUT2D eigenvalue weighted by Crippen LogP contribution is 2.18. The van der Waals surface area contributed by atoms with E-state index in [0.717, 1.165) is 26.1 Å². The lowest BCUT2D eigenvalue weighted by Gasteiger charge is -2.40. The Morgan fingerprint density at radius 2 is 2.06 bits per heavy atom. The molecule has 1 saturated heterocycles. The Hall–Kier alpha value is -1.35. The van der Waals surface area contributed by atoms with E-state index < -0.39 is 0 Å². The van der Waals surface area contributed by atoms with E-state index in [1.165, 1.54) is 5.56 Å². The summed E-state index contributed by atoms with van der Waals surface area (Å²) >= 11 is 0. The summed E-state index contributed by atoms with van der Waals surface area (Å²) in [4.78, 5) is 14.3. The SMILES string of the molecule is CC[C@@]1(C)NCCN(Cc2ccccc2)C1=O. The molecule has 0 aromatic heterocycles. The molecule has 1 N–H and O–H groups in total. The minimum atomic E-state index is -0.382. The van der Waals surface area contributed by atoms with Crippen LogP contribution in [0.1, 0.15) is 25.8 Å². The number of nitrogens with one attached hydrogen (secondary N) is 1. The van der Waals surface area contributed by atoms with Crippen molar-refractivity contribution in [2.45, 2.75) is 32.4 Å². The number of piperazine rings is 1. The molecule has 0 unspecified atom stereocenters. The van der Waals surface area contributed by atoms with Crippen LogP contribution in [0.5, 0.6) is 0 Å². The van der Waals surface area contributed by atoms with Crippen LogP contribution < -0.4 is 5.32 Å². The maximum atomic E-state index is 12.3. The van der Waals surface area contributed by atoms with E-state index >= 15 is 0 Å². The Bertz CT molecular complexity index is 390. The summed E-state index contributed by atoms with van der Waals surface area (Å²) in [5, 5.41) is 3.32. The van der Waals surface area contributed by atoms with Crippen molar-refractivity contribution in [1.82, 2.24) is 10.2 Å². The van der Waals surface area contributed by atoms with E-state index in [2.05, 4.69) is 24.4 Å². The van der Waals surface area contributed by atoms with Crippen LogP contribution in [0.15, 0.2) is 30.3 Å². The lowest BCUT2D eigenvalue weighted by molar-refractivity contribution is -0.141. The third kappa shape index (κ3) is 2.50. The van der Waals surface area contributed by atoms with Gasteiger partial charge in [0.05, 0.1) is 5.54 Å². The van der Waals surface area contributed by atoms with Gasteiger partial charge in [-0.3, -0.25) is 4.79 Å². The van der Waals surface area contributed by atoms with E-state index in [4.69, 9.17) is 0 Å². The zero-order valence-corrected chi connectivity index (χ0v) is 10.6. The zero-order chi connectivity index (χ0) is 12.3. The summed E-state index contributed by atoms with van der Waals surface area (Å²) in [6, 6.07) is 10.2. The Morgan fingerprint density at radius 3 is 2.71 bits per heavy atom. The van der Waals surface area contributed by atoms with Crippen molar-refractivity contribution in [2.75, 3.05) is 13.1 Å². The Balaban J connectivity index is 2.09. The van der Waals surface area contributed by atoms with E-state index in [1.54, 1.807) is 0 Å². The third-order valence-corrected chi connectivity index (χ3v) is 3.58. The van der Waals surface area contributed by atoms with Gasteiger partial charge < -0.3 is 10.2 Å². The molecule has 0 spiro atoms. The summed E-state index contributed by atoms with van der Waals surface area (Å²) < 4.78 is 0. The number of amides is 1. The van der Waals surface area contributed by atoms with Crippen LogP contribution in [-0.2, 0) is 11.3 Å². The molecule has 17 heavy (non-hydrogen) atoms. The van der Waals surface area contributed by atoms with Crippen molar-refractivity contribution >= 4 is 5.91 Å². The fraction of sp³-hybridized carbons (Fsp3) is 0.500. The smallest absolute Gasteiger partial charge is 0.242 e. The average Bonchev–Trinajstić information content (AvgIpc) is 2.36. The van der Waals surface area contributed by atoms with Gasteiger partial charge in [0.1, 0.15) is 0 Å². The predicted molar refractivity (Wildman–Crippen MR) is 68.6 cm³/mol. The summed E-state index contributed by atoms with van der Waals surface area (Å²) in [5.41, 5.74) is 0.814. The van der Waals surface area contributed by atoms with Crippen molar-refractivity contribution in [2.24, 2.45) is 0 Å². The van der Waals surface area contributed by atoms with Crippen LogP contribution in [0.2, 0.25) is 0 Å². The number of rotatable bonds is 3. The van der Waals surface area contributed by atoms with Crippen molar-refractivity contribution in [1.29, 1.82) is 0 Å². The largest absolute Gasteiger partial charge is 0.336 e. The van der Waals surface area contributed by atoms with E-state index in [9.17, 15) is 4.79 Å². The molecular weight excluding hydrogens is 212 g/mol. The Kier molecular flexibility index (Phi) is 3.48. The second kappa shape index (κ2) is 4.88. The van der Waals surface area contributed by atoms with Crippen LogP contribution in [-0.4, -0.2) is 29.4 Å². The first-order chi connectivity index (χ1) is 8.15. The molecule has 1 atom stereocenters. The molecule has 0 saturated carbocycles. The van der Waals surface area contributed by atoms with Gasteiger partial charge in [-0.25, -0.2) is 0 Å². The van der Waals surface area contributed by atoms with Gasteiger partial charge >= 0.3 is 0 Å². The Labute approximate surface area is 103 Å². The molecule has 1 heterocycles. The second-order valence-electron chi connectivity index (χ2n) is 4.82. The van der Waals surface area contributed by atoms with Crippen LogP contribution in [0, 0.1) is 0 Å². The van der Waals surface area contributed by atoms with Crippen LogP contribution >= 0.6 is 0 Å². The summed E-state index contributed by atoms with van der Waals surface area (Å²) in [6.45, 7) is 6.44. The number of carbonyl (C=O) groups is 1. The third-order valence-electron chi connectivity index (χ3n) is 3.58. The zero-order valence-electron chi connectivity index (χ0n) is 10.6. The highest BCUT2D eigenvalue weighted by molar-refractivity contribution is 5.86. The maximum Gasteiger partial charge on any atom is 0.242 e. The number of nitrogens with zero attached hydrogens (tertiary/aromatic N) is 1. The summed E-state index contributed by atoms with van der Waals surface area (Å²) in [6.07, 6.45) is 0.830.